The van der Waals surface area contributed by atoms with Crippen LogP contribution in [0.2, 0.25) is 0 Å². The van der Waals surface area contributed by atoms with Crippen LogP contribution in [0.3, 0.4) is 0 Å². The summed E-state index contributed by atoms with van der Waals surface area (Å²) in [4.78, 5) is 13.8. The molecule has 2 N–H and O–H groups in total. The highest BCUT2D eigenvalue weighted by Gasteiger charge is 2.19. The normalized spacial score (nSPS) is 10.9. The first-order chi connectivity index (χ1) is 6.42. The number of hydrogen-bond donors (Lipinski definition) is 1. The van der Waals surface area contributed by atoms with Gasteiger partial charge in [0.25, 0.3) is 0 Å². The zero-order valence-corrected chi connectivity index (χ0v) is 9.65. The SMILES string of the molecule is NC(=O)OS(=O)(=O)c1cc(I)ccn1. The van der Waals surface area contributed by atoms with Gasteiger partial charge in [0.05, 0.1) is 0 Å². The molecule has 0 aliphatic carbocycles. The van der Waals surface area contributed by atoms with Crippen LogP contribution in [0, 0.1) is 3.57 Å². The minimum atomic E-state index is -4.17. The lowest BCUT2D eigenvalue weighted by atomic mass is 10.5. The summed E-state index contributed by atoms with van der Waals surface area (Å²) in [6, 6.07) is 2.86. The molecule has 1 amide bonds. The molecule has 0 saturated heterocycles. The van der Waals surface area contributed by atoms with Gasteiger partial charge in [-0.3, -0.25) is 0 Å². The number of nitrogens with zero attached hydrogens (tertiary/aromatic N) is 1. The van der Waals surface area contributed by atoms with E-state index in [0.717, 1.165) is 0 Å². The number of pyridine rings is 1. The van der Waals surface area contributed by atoms with Crippen LogP contribution in [0.15, 0.2) is 23.4 Å². The van der Waals surface area contributed by atoms with Crippen molar-refractivity contribution < 1.29 is 17.4 Å². The largest absolute Gasteiger partial charge is 0.420 e. The highest BCUT2D eigenvalue weighted by atomic mass is 127. The smallest absolute Gasteiger partial charge is 0.334 e. The van der Waals surface area contributed by atoms with Crippen molar-refractivity contribution in [3.05, 3.63) is 21.9 Å². The number of carbonyl (C=O) groups excluding carboxylic acids is 1. The molecule has 0 aliphatic heterocycles. The van der Waals surface area contributed by atoms with Crippen molar-refractivity contribution in [1.29, 1.82) is 0 Å². The topological polar surface area (TPSA) is 99.4 Å². The molecular weight excluding hydrogens is 323 g/mol. The summed E-state index contributed by atoms with van der Waals surface area (Å²) in [6.45, 7) is 0. The Morgan fingerprint density at radius 2 is 2.21 bits per heavy atom. The number of carbonyl (C=O) groups is 1. The Labute approximate surface area is 93.7 Å². The van der Waals surface area contributed by atoms with Gasteiger partial charge in [-0.1, -0.05) is 0 Å². The third-order valence-electron chi connectivity index (χ3n) is 1.14. The fraction of sp³-hybridized carbons (Fsp3) is 0. The molecule has 6 nitrogen and oxygen atoms in total. The first-order valence-corrected chi connectivity index (χ1v) is 5.76. The number of hydrogen-bond acceptors (Lipinski definition) is 5. The van der Waals surface area contributed by atoms with Crippen LogP contribution in [-0.4, -0.2) is 19.5 Å². The Bertz CT molecular complexity index is 459. The zero-order chi connectivity index (χ0) is 10.8. The number of rotatable bonds is 2. The lowest BCUT2D eigenvalue weighted by Crippen LogP contribution is -2.19. The molecule has 76 valence electrons. The number of nitrogens with two attached hydrogens (primary N) is 1. The van der Waals surface area contributed by atoms with Crippen molar-refractivity contribution in [2.24, 2.45) is 5.73 Å². The first-order valence-electron chi connectivity index (χ1n) is 3.27. The standard InChI is InChI=1S/C6H5IN2O4S/c7-4-1-2-9-5(3-4)14(11,12)13-6(8)10/h1-3H,(H2,8,10). The maximum atomic E-state index is 11.2. The lowest BCUT2D eigenvalue weighted by Gasteiger charge is -2.01. The second kappa shape index (κ2) is 4.09. The maximum Gasteiger partial charge on any atom is 0.420 e. The second-order valence-electron chi connectivity index (χ2n) is 2.17. The number of aromatic nitrogens is 1. The molecule has 0 radical (unpaired) electrons. The molecule has 0 atom stereocenters. The van der Waals surface area contributed by atoms with Gasteiger partial charge in [0.2, 0.25) is 0 Å². The summed E-state index contributed by atoms with van der Waals surface area (Å²) in [5.74, 6) is 0. The summed E-state index contributed by atoms with van der Waals surface area (Å²) in [6.07, 6.45) is -0.0930. The predicted molar refractivity (Wildman–Crippen MR) is 54.8 cm³/mol. The lowest BCUT2D eigenvalue weighted by molar-refractivity contribution is 0.212. The van der Waals surface area contributed by atoms with Crippen molar-refractivity contribution in [2.45, 2.75) is 5.03 Å². The average Bonchev–Trinajstić information content (AvgIpc) is 2.01. The molecule has 0 aromatic carbocycles. The van der Waals surface area contributed by atoms with Gasteiger partial charge >= 0.3 is 16.2 Å². The van der Waals surface area contributed by atoms with Gasteiger partial charge in [0, 0.05) is 9.77 Å². The summed E-state index contributed by atoms with van der Waals surface area (Å²) < 4.78 is 27.0. The number of amides is 1. The minimum absolute atomic E-state index is 0.344. The third kappa shape index (κ3) is 2.80. The monoisotopic (exact) mass is 328 g/mol. The summed E-state index contributed by atoms with van der Waals surface area (Å²) in [5, 5.41) is -0.344. The molecule has 8 heteroatoms. The number of halogens is 1. The molecular formula is C6H5IN2O4S. The van der Waals surface area contributed by atoms with Gasteiger partial charge in [0.15, 0.2) is 5.03 Å². The molecule has 1 aromatic heterocycles. The molecule has 0 spiro atoms. The maximum absolute atomic E-state index is 11.2. The van der Waals surface area contributed by atoms with Crippen molar-refractivity contribution >= 4 is 38.8 Å². The molecule has 1 aromatic rings. The van der Waals surface area contributed by atoms with Gasteiger partial charge in [0.1, 0.15) is 0 Å². The fourth-order valence-corrected chi connectivity index (χ4v) is 2.10. The average molecular weight is 328 g/mol. The van der Waals surface area contributed by atoms with Crippen LogP contribution in [0.4, 0.5) is 4.79 Å². The van der Waals surface area contributed by atoms with Crippen LogP contribution in [0.5, 0.6) is 0 Å². The van der Waals surface area contributed by atoms with E-state index in [0.29, 0.717) is 3.57 Å². The second-order valence-corrected chi connectivity index (χ2v) is 4.91. The zero-order valence-electron chi connectivity index (χ0n) is 6.68. The van der Waals surface area contributed by atoms with Gasteiger partial charge in [-0.15, -0.1) is 0 Å². The summed E-state index contributed by atoms with van der Waals surface area (Å²) in [5.41, 5.74) is 4.58. The highest BCUT2D eigenvalue weighted by molar-refractivity contribution is 14.1. The van der Waals surface area contributed by atoms with E-state index in [1.165, 1.54) is 12.3 Å². The summed E-state index contributed by atoms with van der Waals surface area (Å²) >= 11 is 1.90. The van der Waals surface area contributed by atoms with Crippen molar-refractivity contribution in [1.82, 2.24) is 4.98 Å². The summed E-state index contributed by atoms with van der Waals surface area (Å²) in [7, 11) is -4.17. The Morgan fingerprint density at radius 3 is 2.71 bits per heavy atom. The highest BCUT2D eigenvalue weighted by Crippen LogP contribution is 2.12. The van der Waals surface area contributed by atoms with Gasteiger partial charge in [-0.2, -0.15) is 8.42 Å². The van der Waals surface area contributed by atoms with E-state index in [2.05, 4.69) is 14.9 Å². The Hall–Kier alpha value is -0.900. The van der Waals surface area contributed by atoms with Crippen molar-refractivity contribution in [3.8, 4) is 0 Å². The van der Waals surface area contributed by atoms with E-state index in [9.17, 15) is 13.2 Å². The number of primary amides is 1. The Morgan fingerprint density at radius 1 is 1.57 bits per heavy atom. The van der Waals surface area contributed by atoms with E-state index < -0.39 is 16.2 Å². The van der Waals surface area contributed by atoms with Crippen molar-refractivity contribution in [2.75, 3.05) is 0 Å². The van der Waals surface area contributed by atoms with Crippen molar-refractivity contribution in [3.63, 3.8) is 0 Å². The molecule has 14 heavy (non-hydrogen) atoms. The van der Waals surface area contributed by atoms with Crippen LogP contribution < -0.4 is 5.73 Å². The van der Waals surface area contributed by atoms with Gasteiger partial charge in [-0.05, 0) is 34.7 Å². The van der Waals surface area contributed by atoms with Crippen LogP contribution in [0.1, 0.15) is 0 Å². The van der Waals surface area contributed by atoms with E-state index in [1.54, 1.807) is 6.07 Å². The van der Waals surface area contributed by atoms with Crippen LogP contribution in [-0.2, 0) is 14.3 Å². The van der Waals surface area contributed by atoms with Crippen LogP contribution >= 0.6 is 22.6 Å². The van der Waals surface area contributed by atoms with Gasteiger partial charge < -0.3 is 9.92 Å². The van der Waals surface area contributed by atoms with E-state index in [1.807, 2.05) is 22.6 Å². The molecule has 0 bridgehead atoms. The molecule has 0 aliphatic rings. The third-order valence-corrected chi connectivity index (χ3v) is 2.94. The Kier molecular flexibility index (Phi) is 3.26. The quantitative estimate of drug-likeness (QED) is 0.628. The molecule has 0 saturated carbocycles. The van der Waals surface area contributed by atoms with Gasteiger partial charge in [-0.25, -0.2) is 9.78 Å². The first kappa shape index (κ1) is 11.2. The Balaban J connectivity index is 3.11. The van der Waals surface area contributed by atoms with E-state index >= 15 is 0 Å². The van der Waals surface area contributed by atoms with E-state index in [4.69, 9.17) is 0 Å². The predicted octanol–water partition coefficient (Wildman–Crippen LogP) is 0.470. The molecule has 0 unspecified atom stereocenters. The molecule has 1 heterocycles. The molecule has 1 rings (SSSR count). The fourth-order valence-electron chi connectivity index (χ4n) is 0.673. The van der Waals surface area contributed by atoms with Crippen LogP contribution in [0.25, 0.3) is 0 Å². The van der Waals surface area contributed by atoms with E-state index in [-0.39, 0.29) is 5.03 Å². The minimum Gasteiger partial charge on any atom is -0.334 e. The molecule has 0 fully saturated rings.